The number of hydrogen-bond acceptors (Lipinski definition) is 5. The van der Waals surface area contributed by atoms with E-state index in [9.17, 15) is 18.8 Å². The van der Waals surface area contributed by atoms with Crippen molar-refractivity contribution in [2.45, 2.75) is 31.0 Å². The van der Waals surface area contributed by atoms with Crippen LogP contribution < -0.4 is 5.32 Å². The molecule has 2 aliphatic rings. The second-order valence-corrected chi connectivity index (χ2v) is 9.41. The minimum atomic E-state index is -0.896. The quantitative estimate of drug-likeness (QED) is 0.589. The fourth-order valence-electron chi connectivity index (χ4n) is 4.56. The van der Waals surface area contributed by atoms with Crippen LogP contribution in [-0.2, 0) is 20.7 Å². The largest absolute Gasteiger partial charge is 0.368 e. The Morgan fingerprint density at radius 1 is 1.12 bits per heavy atom. The van der Waals surface area contributed by atoms with E-state index in [2.05, 4.69) is 5.32 Å². The van der Waals surface area contributed by atoms with Crippen LogP contribution in [0.25, 0.3) is 11.1 Å². The number of ether oxygens (including phenoxy) is 1. The molecule has 2 aliphatic heterocycles. The van der Waals surface area contributed by atoms with Gasteiger partial charge in [0.15, 0.2) is 5.78 Å². The smallest absolute Gasteiger partial charge is 0.262 e. The number of nitrogens with zero attached hydrogens (tertiary/aromatic N) is 1. The summed E-state index contributed by atoms with van der Waals surface area (Å²) in [5.74, 6) is -1.19. The van der Waals surface area contributed by atoms with Gasteiger partial charge in [-0.1, -0.05) is 42.5 Å². The number of ketones is 1. The van der Waals surface area contributed by atoms with E-state index in [1.54, 1.807) is 18.2 Å². The van der Waals surface area contributed by atoms with Gasteiger partial charge in [0.25, 0.3) is 5.91 Å². The van der Waals surface area contributed by atoms with Gasteiger partial charge in [0, 0.05) is 13.0 Å². The number of benzene rings is 2. The summed E-state index contributed by atoms with van der Waals surface area (Å²) in [6, 6.07) is 15.9. The van der Waals surface area contributed by atoms with Crippen LogP contribution in [-0.4, -0.2) is 53.8 Å². The predicted molar refractivity (Wildman–Crippen MR) is 126 cm³/mol. The zero-order chi connectivity index (χ0) is 23.7. The van der Waals surface area contributed by atoms with Crippen LogP contribution in [0.15, 0.2) is 66.0 Å². The second-order valence-electron chi connectivity index (χ2n) is 8.50. The Balaban J connectivity index is 1.37. The summed E-state index contributed by atoms with van der Waals surface area (Å²) in [4.78, 5) is 41.0. The van der Waals surface area contributed by atoms with Crippen LogP contribution in [0.5, 0.6) is 0 Å². The van der Waals surface area contributed by atoms with Crippen LogP contribution in [0.3, 0.4) is 0 Å². The molecule has 0 spiro atoms. The van der Waals surface area contributed by atoms with Gasteiger partial charge in [-0.05, 0) is 46.7 Å². The Bertz CT molecular complexity index is 1210. The van der Waals surface area contributed by atoms with Crippen molar-refractivity contribution in [2.75, 3.05) is 13.2 Å². The molecule has 3 unspecified atom stereocenters. The predicted octanol–water partition coefficient (Wildman–Crippen LogP) is 3.46. The first-order valence-corrected chi connectivity index (χ1v) is 12.0. The first-order valence-electron chi connectivity index (χ1n) is 11.1. The average molecular weight is 479 g/mol. The van der Waals surface area contributed by atoms with Crippen molar-refractivity contribution >= 4 is 28.9 Å². The number of rotatable bonds is 6. The van der Waals surface area contributed by atoms with Crippen molar-refractivity contribution in [3.8, 4) is 11.1 Å². The third-order valence-corrected chi connectivity index (χ3v) is 7.21. The Kier molecular flexibility index (Phi) is 6.26. The minimum absolute atomic E-state index is 0.00552. The van der Waals surface area contributed by atoms with Crippen LogP contribution in [0.1, 0.15) is 21.7 Å². The lowest BCUT2D eigenvalue weighted by atomic mass is 10.0. The highest BCUT2D eigenvalue weighted by atomic mass is 32.1. The molecule has 1 aromatic heterocycles. The van der Waals surface area contributed by atoms with Gasteiger partial charge in [0.1, 0.15) is 24.5 Å². The average Bonchev–Trinajstić information content (AvgIpc) is 3.58. The molecule has 174 valence electrons. The number of halogens is 1. The Morgan fingerprint density at radius 3 is 2.65 bits per heavy atom. The van der Waals surface area contributed by atoms with E-state index in [-0.39, 0.29) is 42.5 Å². The molecule has 2 fully saturated rings. The van der Waals surface area contributed by atoms with Gasteiger partial charge in [-0.25, -0.2) is 4.39 Å². The molecule has 3 heterocycles. The summed E-state index contributed by atoms with van der Waals surface area (Å²) in [6.07, 6.45) is 0.486. The summed E-state index contributed by atoms with van der Waals surface area (Å²) in [5.41, 5.74) is 2.63. The fourth-order valence-corrected chi connectivity index (χ4v) is 5.38. The number of nitrogens with one attached hydrogen (secondary N) is 1. The molecule has 3 aromatic rings. The molecular weight excluding hydrogens is 455 g/mol. The van der Waals surface area contributed by atoms with Crippen LogP contribution in [0.4, 0.5) is 4.39 Å². The number of likely N-dealkylation sites (tertiary alicyclic amines) is 1. The maximum absolute atomic E-state index is 13.5. The molecule has 6 nitrogen and oxygen atoms in total. The third-order valence-electron chi connectivity index (χ3n) is 6.28. The molecule has 0 aliphatic carbocycles. The molecular formula is C26H23FN2O4S. The summed E-state index contributed by atoms with van der Waals surface area (Å²) in [7, 11) is 0. The molecule has 0 radical (unpaired) electrons. The van der Waals surface area contributed by atoms with Crippen molar-refractivity contribution < 1.29 is 23.5 Å². The highest BCUT2D eigenvalue weighted by Gasteiger charge is 2.48. The third kappa shape index (κ3) is 4.51. The first kappa shape index (κ1) is 22.4. The van der Waals surface area contributed by atoms with Crippen molar-refractivity contribution in [3.05, 3.63) is 82.3 Å². The van der Waals surface area contributed by atoms with Crippen molar-refractivity contribution in [1.29, 1.82) is 0 Å². The lowest BCUT2D eigenvalue weighted by Gasteiger charge is -2.27. The van der Waals surface area contributed by atoms with Gasteiger partial charge >= 0.3 is 0 Å². The van der Waals surface area contributed by atoms with Gasteiger partial charge in [0.05, 0.1) is 11.0 Å². The summed E-state index contributed by atoms with van der Waals surface area (Å²) in [5, 5.41) is 4.77. The van der Waals surface area contributed by atoms with E-state index in [0.29, 0.717) is 23.4 Å². The number of carbonyl (C=O) groups is 3. The zero-order valence-electron chi connectivity index (χ0n) is 18.3. The number of thiophene rings is 1. The van der Waals surface area contributed by atoms with Crippen molar-refractivity contribution in [2.24, 2.45) is 0 Å². The van der Waals surface area contributed by atoms with E-state index < -0.39 is 12.1 Å². The van der Waals surface area contributed by atoms with Gasteiger partial charge < -0.3 is 15.0 Å². The van der Waals surface area contributed by atoms with E-state index in [0.717, 1.165) is 11.1 Å². The molecule has 0 saturated carbocycles. The SMILES string of the molecule is O=C(NC(Cc1ccc(F)cc1)C(=O)N1CCC2OCC(=O)C21)c1cc(-c2ccccc2)cs1. The van der Waals surface area contributed by atoms with E-state index >= 15 is 0 Å². The van der Waals surface area contributed by atoms with Crippen molar-refractivity contribution in [3.63, 3.8) is 0 Å². The monoisotopic (exact) mass is 478 g/mol. The maximum atomic E-state index is 13.5. The number of carbonyl (C=O) groups excluding carboxylic acids is 3. The zero-order valence-corrected chi connectivity index (χ0v) is 19.1. The Hall–Kier alpha value is -3.36. The molecule has 2 aromatic carbocycles. The maximum Gasteiger partial charge on any atom is 0.262 e. The number of amides is 2. The first-order chi connectivity index (χ1) is 16.5. The lowest BCUT2D eigenvalue weighted by molar-refractivity contribution is -0.138. The number of fused-ring (bicyclic) bond motifs is 1. The van der Waals surface area contributed by atoms with Crippen molar-refractivity contribution in [1.82, 2.24) is 10.2 Å². The van der Waals surface area contributed by atoms with E-state index in [1.165, 1.54) is 28.4 Å². The molecule has 2 saturated heterocycles. The van der Waals surface area contributed by atoms with Gasteiger partial charge in [-0.15, -0.1) is 11.3 Å². The molecule has 34 heavy (non-hydrogen) atoms. The fraction of sp³-hybridized carbons (Fsp3) is 0.269. The Labute approximate surface area is 200 Å². The topological polar surface area (TPSA) is 75.7 Å². The minimum Gasteiger partial charge on any atom is -0.368 e. The highest BCUT2D eigenvalue weighted by molar-refractivity contribution is 7.12. The standard InChI is InChI=1S/C26H23FN2O4S/c27-19-8-6-16(7-9-19)12-20(26(32)29-11-10-22-24(29)21(30)14-33-22)28-25(31)23-13-18(15-34-23)17-4-2-1-3-5-17/h1-9,13,15,20,22,24H,10-12,14H2,(H,28,31). The molecule has 0 bridgehead atoms. The number of hydrogen-bond donors (Lipinski definition) is 1. The summed E-state index contributed by atoms with van der Waals surface area (Å²) >= 11 is 1.30. The Morgan fingerprint density at radius 2 is 1.88 bits per heavy atom. The lowest BCUT2D eigenvalue weighted by Crippen LogP contribution is -2.53. The van der Waals surface area contributed by atoms with Gasteiger partial charge in [0.2, 0.25) is 5.91 Å². The molecule has 8 heteroatoms. The van der Waals surface area contributed by atoms with E-state index in [4.69, 9.17) is 4.74 Å². The second kappa shape index (κ2) is 9.48. The number of Topliss-reactive ketones (excluding diaryl/α,β-unsaturated/α-hetero) is 1. The molecule has 3 atom stereocenters. The highest BCUT2D eigenvalue weighted by Crippen LogP contribution is 2.29. The molecule has 1 N–H and O–H groups in total. The summed E-state index contributed by atoms with van der Waals surface area (Å²) in [6.45, 7) is 0.401. The summed E-state index contributed by atoms with van der Waals surface area (Å²) < 4.78 is 18.9. The molecule has 2 amide bonds. The van der Waals surface area contributed by atoms with Crippen LogP contribution in [0.2, 0.25) is 0 Å². The van der Waals surface area contributed by atoms with Crippen LogP contribution in [0, 0.1) is 5.82 Å². The molecule has 5 rings (SSSR count). The van der Waals surface area contributed by atoms with Crippen LogP contribution >= 0.6 is 11.3 Å². The normalized spacial score (nSPS) is 20.3. The van der Waals surface area contributed by atoms with Gasteiger partial charge in [-0.3, -0.25) is 14.4 Å². The van der Waals surface area contributed by atoms with Gasteiger partial charge in [-0.2, -0.15) is 0 Å². The van der Waals surface area contributed by atoms with E-state index in [1.807, 2.05) is 35.7 Å².